The summed E-state index contributed by atoms with van der Waals surface area (Å²) < 4.78 is 17.6. The van der Waals surface area contributed by atoms with Crippen molar-refractivity contribution in [1.82, 2.24) is 0 Å². The smallest absolute Gasteiger partial charge is 0.335 e. The summed E-state index contributed by atoms with van der Waals surface area (Å²) >= 11 is 0. The van der Waals surface area contributed by atoms with Gasteiger partial charge in [0.05, 0.1) is 12.7 Å². The number of rotatable bonds is 10. The first-order valence-corrected chi connectivity index (χ1v) is 15.0. The Kier molecular flexibility index (Phi) is 10.2. The first-order valence-electron chi connectivity index (χ1n) is 15.0. The molecule has 6 atom stereocenters. The van der Waals surface area contributed by atoms with Gasteiger partial charge in [-0.05, 0) is 102 Å². The fourth-order valence-electron chi connectivity index (χ4n) is 7.61. The van der Waals surface area contributed by atoms with Crippen LogP contribution in [0.15, 0.2) is 33.0 Å². The molecule has 2 saturated carbocycles. The average Bonchev–Trinajstić information content (AvgIpc) is 2.86. The van der Waals surface area contributed by atoms with Crippen LogP contribution in [0.5, 0.6) is 5.95 Å². The Morgan fingerprint density at radius 1 is 1.23 bits per heavy atom. The molecule has 224 valence electrons. The molecule has 1 heterocycles. The lowest BCUT2D eigenvalue weighted by Crippen LogP contribution is -2.57. The maximum absolute atomic E-state index is 13.4. The summed E-state index contributed by atoms with van der Waals surface area (Å²) in [7, 11) is 1.55. The number of hydrogen-bond acceptors (Lipinski definition) is 6. The second kappa shape index (κ2) is 12.7. The molecule has 0 saturated heterocycles. The summed E-state index contributed by atoms with van der Waals surface area (Å²) in [5.74, 6) is 0.873. The van der Waals surface area contributed by atoms with Crippen molar-refractivity contribution in [3.63, 3.8) is 0 Å². The molecular formula is C34H52O6. The zero-order chi connectivity index (χ0) is 30.0. The molecule has 0 aromatic carbocycles. The first kappa shape index (κ1) is 32.2. The number of aryl methyl sites for hydroxylation is 1. The molecule has 6 nitrogen and oxygen atoms in total. The molecule has 1 aromatic rings. The van der Waals surface area contributed by atoms with E-state index in [2.05, 4.69) is 40.3 Å². The van der Waals surface area contributed by atoms with Gasteiger partial charge in [-0.3, -0.25) is 4.79 Å². The molecule has 2 aliphatic carbocycles. The van der Waals surface area contributed by atoms with Gasteiger partial charge in [-0.25, -0.2) is 4.79 Å². The lowest BCUT2D eigenvalue weighted by atomic mass is 9.45. The number of ether oxygens (including phenoxy) is 2. The third kappa shape index (κ3) is 6.42. The van der Waals surface area contributed by atoms with E-state index in [-0.39, 0.29) is 40.1 Å². The molecule has 3 rings (SSSR count). The van der Waals surface area contributed by atoms with Crippen LogP contribution in [0.3, 0.4) is 0 Å². The number of aliphatic hydroxyl groups excluding tert-OH is 1. The molecule has 0 aliphatic heterocycles. The summed E-state index contributed by atoms with van der Waals surface area (Å²) in [5.41, 5.74) is 3.16. The van der Waals surface area contributed by atoms with Gasteiger partial charge in [-0.2, -0.15) is 0 Å². The molecule has 0 spiro atoms. The summed E-state index contributed by atoms with van der Waals surface area (Å²) in [6, 6.07) is 0. The average molecular weight is 557 g/mol. The molecule has 0 bridgehead atoms. The highest BCUT2D eigenvalue weighted by atomic mass is 16.6. The predicted octanol–water partition coefficient (Wildman–Crippen LogP) is 7.26. The van der Waals surface area contributed by atoms with E-state index in [4.69, 9.17) is 13.9 Å². The second-order valence-electron chi connectivity index (χ2n) is 13.5. The normalized spacial score (nSPS) is 29.1. The lowest BCUT2D eigenvalue weighted by molar-refractivity contribution is -0.189. The first-order chi connectivity index (χ1) is 18.6. The van der Waals surface area contributed by atoms with Crippen LogP contribution in [0.2, 0.25) is 0 Å². The van der Waals surface area contributed by atoms with Gasteiger partial charge in [0.2, 0.25) is 0 Å². The molecule has 1 aromatic heterocycles. The predicted molar refractivity (Wildman–Crippen MR) is 160 cm³/mol. The standard InChI is InChI=1S/C34H52O6/c1-20(2)12-11-16-34(9)28-14-13-22(5)26(19-25-30(36)23(6)24(7)39-32(25)38-10)33(28,8)17-15-29(34)40-31(37)27(35)18-21(3)4/h12,21,26-29,35H,5,11,13-19H2,1-4,6-10H3/t26-,27-,28-,29+,33-,34+/m1/s1. The number of allylic oxidation sites excluding steroid dienone is 3. The topological polar surface area (TPSA) is 86.0 Å². The van der Waals surface area contributed by atoms with Crippen LogP contribution in [0.25, 0.3) is 0 Å². The lowest BCUT2D eigenvalue weighted by Gasteiger charge is -2.61. The number of carbonyl (C=O) groups excluding carboxylic acids is 1. The molecule has 2 aliphatic rings. The van der Waals surface area contributed by atoms with Crippen molar-refractivity contribution in [2.45, 2.75) is 119 Å². The summed E-state index contributed by atoms with van der Waals surface area (Å²) in [6.07, 6.45) is 6.93. The minimum absolute atomic E-state index is 0.0211. The van der Waals surface area contributed by atoms with E-state index in [0.717, 1.165) is 37.7 Å². The minimum atomic E-state index is -1.11. The van der Waals surface area contributed by atoms with E-state index in [1.807, 2.05) is 13.8 Å². The third-order valence-electron chi connectivity index (χ3n) is 10.0. The Hall–Kier alpha value is -2.34. The van der Waals surface area contributed by atoms with Crippen LogP contribution >= 0.6 is 0 Å². The van der Waals surface area contributed by atoms with Crippen molar-refractivity contribution < 1.29 is 23.8 Å². The van der Waals surface area contributed by atoms with Crippen molar-refractivity contribution in [1.29, 1.82) is 0 Å². The molecule has 2 fully saturated rings. The molecule has 40 heavy (non-hydrogen) atoms. The van der Waals surface area contributed by atoms with E-state index in [1.165, 1.54) is 5.57 Å². The Morgan fingerprint density at radius 3 is 2.50 bits per heavy atom. The number of hydrogen-bond donors (Lipinski definition) is 1. The minimum Gasteiger partial charge on any atom is -0.468 e. The van der Waals surface area contributed by atoms with Crippen molar-refractivity contribution in [2.75, 3.05) is 7.11 Å². The van der Waals surface area contributed by atoms with Gasteiger partial charge in [0.1, 0.15) is 11.9 Å². The number of methoxy groups -OCH3 is 1. The Bertz CT molecular complexity index is 1170. The van der Waals surface area contributed by atoms with Gasteiger partial charge < -0.3 is 19.0 Å². The fraction of sp³-hybridized carbons (Fsp3) is 0.706. The largest absolute Gasteiger partial charge is 0.468 e. The Balaban J connectivity index is 2.01. The molecule has 6 heteroatoms. The van der Waals surface area contributed by atoms with Crippen LogP contribution in [-0.4, -0.2) is 30.4 Å². The maximum Gasteiger partial charge on any atom is 0.335 e. The van der Waals surface area contributed by atoms with Crippen LogP contribution in [-0.2, 0) is 16.0 Å². The second-order valence-corrected chi connectivity index (χ2v) is 13.5. The quantitative estimate of drug-likeness (QED) is 0.241. The molecular weight excluding hydrogens is 504 g/mol. The van der Waals surface area contributed by atoms with E-state index < -0.39 is 12.1 Å². The SMILES string of the molecule is C=C1CC[C@H]2[C@](C)(CCC=C(C)C)[C@@H](OC(=O)[C@H](O)CC(C)C)CC[C@]2(C)[C@@H]1Cc1c(OC)oc(C)c(C)c1=O. The summed E-state index contributed by atoms with van der Waals surface area (Å²) in [4.78, 5) is 26.4. The molecule has 1 N–H and O–H groups in total. The van der Waals surface area contributed by atoms with Crippen molar-refractivity contribution in [3.8, 4) is 5.95 Å². The maximum atomic E-state index is 13.4. The van der Waals surface area contributed by atoms with E-state index in [9.17, 15) is 14.7 Å². The van der Waals surface area contributed by atoms with Crippen LogP contribution in [0.4, 0.5) is 0 Å². The van der Waals surface area contributed by atoms with E-state index in [1.54, 1.807) is 21.0 Å². The van der Waals surface area contributed by atoms with Crippen LogP contribution in [0, 0.1) is 42.4 Å². The van der Waals surface area contributed by atoms with Crippen molar-refractivity contribution in [3.05, 3.63) is 50.9 Å². The highest BCUT2D eigenvalue weighted by Crippen LogP contribution is 2.63. The van der Waals surface area contributed by atoms with Crippen LogP contribution in [0.1, 0.15) is 103 Å². The zero-order valence-electron chi connectivity index (χ0n) is 26.3. The monoisotopic (exact) mass is 556 g/mol. The van der Waals surface area contributed by atoms with Gasteiger partial charge in [0.15, 0.2) is 11.5 Å². The van der Waals surface area contributed by atoms with Crippen LogP contribution < -0.4 is 10.2 Å². The third-order valence-corrected chi connectivity index (χ3v) is 10.0. The zero-order valence-corrected chi connectivity index (χ0v) is 26.3. The molecule has 0 unspecified atom stereocenters. The van der Waals surface area contributed by atoms with E-state index in [0.29, 0.717) is 42.1 Å². The van der Waals surface area contributed by atoms with Crippen molar-refractivity contribution >= 4 is 5.97 Å². The highest BCUT2D eigenvalue weighted by molar-refractivity contribution is 5.74. The number of fused-ring (bicyclic) bond motifs is 1. The summed E-state index contributed by atoms with van der Waals surface area (Å²) in [6.45, 7) is 20.9. The van der Waals surface area contributed by atoms with Crippen molar-refractivity contribution in [2.24, 2.45) is 28.6 Å². The van der Waals surface area contributed by atoms with Gasteiger partial charge in [-0.1, -0.05) is 51.5 Å². The van der Waals surface area contributed by atoms with Gasteiger partial charge in [0, 0.05) is 11.0 Å². The summed E-state index contributed by atoms with van der Waals surface area (Å²) in [5, 5.41) is 10.5. The number of esters is 1. The Morgan fingerprint density at radius 2 is 1.90 bits per heavy atom. The highest BCUT2D eigenvalue weighted by Gasteiger charge is 2.59. The fourth-order valence-corrected chi connectivity index (χ4v) is 7.61. The molecule has 0 radical (unpaired) electrons. The Labute approximate surface area is 241 Å². The molecule has 0 amide bonds. The van der Waals surface area contributed by atoms with Gasteiger partial charge in [-0.15, -0.1) is 0 Å². The van der Waals surface area contributed by atoms with Gasteiger partial charge in [0.25, 0.3) is 5.95 Å². The number of aliphatic hydroxyl groups is 1. The number of carbonyl (C=O) groups is 1. The van der Waals surface area contributed by atoms with Gasteiger partial charge >= 0.3 is 5.97 Å². The van der Waals surface area contributed by atoms with E-state index >= 15 is 0 Å².